The molecule has 2 N–H and O–H groups in total. The molecule has 0 atom stereocenters. The Balaban J connectivity index is 1.65. The summed E-state index contributed by atoms with van der Waals surface area (Å²) in [5, 5.41) is 17.5. The van der Waals surface area contributed by atoms with E-state index >= 15 is 0 Å². The van der Waals surface area contributed by atoms with Crippen molar-refractivity contribution in [3.63, 3.8) is 0 Å². The highest BCUT2D eigenvalue weighted by molar-refractivity contribution is 5.57. The van der Waals surface area contributed by atoms with Gasteiger partial charge < -0.3 is 19.7 Å². The predicted octanol–water partition coefficient (Wildman–Crippen LogP) is 2.85. The molecule has 22 heavy (non-hydrogen) atoms. The summed E-state index contributed by atoms with van der Waals surface area (Å²) in [7, 11) is 1.62. The summed E-state index contributed by atoms with van der Waals surface area (Å²) in [4.78, 5) is 4.32. The minimum absolute atomic E-state index is 0.330. The van der Waals surface area contributed by atoms with Gasteiger partial charge in [0, 0.05) is 12.1 Å². The molecule has 6 heteroatoms. The summed E-state index contributed by atoms with van der Waals surface area (Å²) >= 11 is 0. The second-order valence-corrected chi connectivity index (χ2v) is 5.79. The fourth-order valence-electron chi connectivity index (χ4n) is 2.80. The fourth-order valence-corrected chi connectivity index (χ4v) is 2.80. The molecule has 1 aliphatic carbocycles. The first kappa shape index (κ1) is 14.8. The quantitative estimate of drug-likeness (QED) is 0.884. The fraction of sp³-hybridized carbons (Fsp3) is 0.500. The first-order chi connectivity index (χ1) is 10.7. The average Bonchev–Trinajstić information content (AvgIpc) is 3.03. The molecule has 1 aromatic heterocycles. The number of aromatic nitrogens is 2. The van der Waals surface area contributed by atoms with E-state index in [9.17, 15) is 5.11 Å². The number of nitrogens with zero attached hydrogens (tertiary/aromatic N) is 2. The molecular weight excluding hydrogens is 282 g/mol. The van der Waals surface area contributed by atoms with E-state index in [0.29, 0.717) is 18.4 Å². The first-order valence-corrected chi connectivity index (χ1v) is 7.63. The zero-order valence-corrected chi connectivity index (χ0v) is 12.7. The molecule has 0 amide bonds. The van der Waals surface area contributed by atoms with E-state index in [0.717, 1.165) is 37.0 Å². The lowest BCUT2D eigenvalue weighted by molar-refractivity contribution is 0.0162. The molecule has 1 aliphatic rings. The molecule has 0 saturated heterocycles. The predicted molar refractivity (Wildman–Crippen MR) is 82.8 cm³/mol. The second kappa shape index (κ2) is 6.36. The molecular formula is C16H21N3O3. The van der Waals surface area contributed by atoms with Crippen LogP contribution < -0.4 is 10.1 Å². The van der Waals surface area contributed by atoms with Gasteiger partial charge in [0.25, 0.3) is 0 Å². The maximum atomic E-state index is 10.5. The van der Waals surface area contributed by atoms with Crippen LogP contribution in [0.1, 0.15) is 32.1 Å². The highest BCUT2D eigenvalue weighted by Gasteiger charge is 2.29. The lowest BCUT2D eigenvalue weighted by Gasteiger charge is -2.31. The Morgan fingerprint density at radius 3 is 2.91 bits per heavy atom. The van der Waals surface area contributed by atoms with E-state index in [1.54, 1.807) is 7.11 Å². The van der Waals surface area contributed by atoms with Crippen LogP contribution in [0.25, 0.3) is 11.4 Å². The summed E-state index contributed by atoms with van der Waals surface area (Å²) in [5.74, 6) is 1.24. The van der Waals surface area contributed by atoms with Crippen molar-refractivity contribution in [1.82, 2.24) is 10.1 Å². The Morgan fingerprint density at radius 1 is 1.32 bits per heavy atom. The van der Waals surface area contributed by atoms with Crippen LogP contribution in [0.3, 0.4) is 0 Å². The van der Waals surface area contributed by atoms with Gasteiger partial charge in [0.05, 0.1) is 12.7 Å². The summed E-state index contributed by atoms with van der Waals surface area (Å²) < 4.78 is 10.4. The summed E-state index contributed by atoms with van der Waals surface area (Å²) in [5.41, 5.74) is 0.163. The summed E-state index contributed by atoms with van der Waals surface area (Å²) in [6.45, 7) is 0.437. The van der Waals surface area contributed by atoms with Crippen LogP contribution in [0.5, 0.6) is 5.75 Å². The normalized spacial score (nSPS) is 17.2. The first-order valence-electron chi connectivity index (χ1n) is 7.63. The third-order valence-corrected chi connectivity index (χ3v) is 4.11. The van der Waals surface area contributed by atoms with Crippen LogP contribution in [0, 0.1) is 0 Å². The molecule has 1 fully saturated rings. The average molecular weight is 303 g/mol. The zero-order valence-electron chi connectivity index (χ0n) is 12.7. The number of aliphatic hydroxyl groups is 1. The Morgan fingerprint density at radius 2 is 2.14 bits per heavy atom. The number of rotatable bonds is 5. The van der Waals surface area contributed by atoms with Crippen molar-refractivity contribution >= 4 is 6.01 Å². The van der Waals surface area contributed by atoms with Crippen LogP contribution >= 0.6 is 0 Å². The molecule has 0 spiro atoms. The van der Waals surface area contributed by atoms with Crippen molar-refractivity contribution in [3.05, 3.63) is 24.3 Å². The molecule has 1 saturated carbocycles. The Hall–Kier alpha value is -2.08. The van der Waals surface area contributed by atoms with E-state index in [2.05, 4.69) is 15.5 Å². The minimum atomic E-state index is -0.664. The molecule has 1 heterocycles. The standard InChI is InChI=1S/C16H21N3O3/c1-21-13-7-5-6-12(10-13)14-18-15(22-19-14)17-11-16(20)8-3-2-4-9-16/h5-7,10,20H,2-4,8-9,11H2,1H3,(H,17,18,19). The van der Waals surface area contributed by atoms with Crippen molar-refractivity contribution in [2.75, 3.05) is 19.0 Å². The van der Waals surface area contributed by atoms with Gasteiger partial charge in [-0.1, -0.05) is 36.6 Å². The number of nitrogens with one attached hydrogen (secondary N) is 1. The molecule has 0 radical (unpaired) electrons. The topological polar surface area (TPSA) is 80.4 Å². The maximum Gasteiger partial charge on any atom is 0.321 e. The van der Waals surface area contributed by atoms with Gasteiger partial charge >= 0.3 is 6.01 Å². The van der Waals surface area contributed by atoms with Crippen molar-refractivity contribution in [2.45, 2.75) is 37.7 Å². The molecule has 118 valence electrons. The molecule has 2 aromatic rings. The van der Waals surface area contributed by atoms with E-state index in [1.165, 1.54) is 6.42 Å². The largest absolute Gasteiger partial charge is 0.497 e. The second-order valence-electron chi connectivity index (χ2n) is 5.79. The molecule has 3 rings (SSSR count). The zero-order chi connectivity index (χ0) is 15.4. The number of ether oxygens (including phenoxy) is 1. The van der Waals surface area contributed by atoms with Gasteiger partial charge in [0.2, 0.25) is 5.82 Å². The Labute approximate surface area is 129 Å². The smallest absolute Gasteiger partial charge is 0.321 e. The number of methoxy groups -OCH3 is 1. The summed E-state index contributed by atoms with van der Waals surface area (Å²) in [6, 6.07) is 7.82. The van der Waals surface area contributed by atoms with E-state index in [1.807, 2.05) is 24.3 Å². The Bertz CT molecular complexity index is 621. The van der Waals surface area contributed by atoms with Crippen LogP contribution in [0.2, 0.25) is 0 Å². The monoisotopic (exact) mass is 303 g/mol. The van der Waals surface area contributed by atoms with Crippen molar-refractivity contribution < 1.29 is 14.4 Å². The third kappa shape index (κ3) is 3.39. The highest BCUT2D eigenvalue weighted by Crippen LogP contribution is 2.28. The van der Waals surface area contributed by atoms with Gasteiger partial charge in [-0.15, -0.1) is 0 Å². The van der Waals surface area contributed by atoms with Gasteiger partial charge in [-0.05, 0) is 25.0 Å². The van der Waals surface area contributed by atoms with Crippen molar-refractivity contribution in [1.29, 1.82) is 0 Å². The minimum Gasteiger partial charge on any atom is -0.497 e. The van der Waals surface area contributed by atoms with Crippen LogP contribution in [-0.2, 0) is 0 Å². The van der Waals surface area contributed by atoms with Gasteiger partial charge in [0.15, 0.2) is 0 Å². The highest BCUT2D eigenvalue weighted by atomic mass is 16.5. The molecule has 0 bridgehead atoms. The van der Waals surface area contributed by atoms with E-state index in [4.69, 9.17) is 9.26 Å². The van der Waals surface area contributed by atoms with Crippen molar-refractivity contribution in [3.8, 4) is 17.1 Å². The van der Waals surface area contributed by atoms with Crippen LogP contribution in [-0.4, -0.2) is 34.5 Å². The number of hydrogen-bond acceptors (Lipinski definition) is 6. The van der Waals surface area contributed by atoms with Gasteiger partial charge in [-0.25, -0.2) is 0 Å². The van der Waals surface area contributed by atoms with Crippen molar-refractivity contribution in [2.24, 2.45) is 0 Å². The van der Waals surface area contributed by atoms with Gasteiger partial charge in [0.1, 0.15) is 5.75 Å². The van der Waals surface area contributed by atoms with Gasteiger partial charge in [-0.3, -0.25) is 0 Å². The molecule has 1 aromatic carbocycles. The van der Waals surface area contributed by atoms with E-state index < -0.39 is 5.60 Å². The maximum absolute atomic E-state index is 10.5. The van der Waals surface area contributed by atoms with Crippen LogP contribution in [0.4, 0.5) is 6.01 Å². The molecule has 6 nitrogen and oxygen atoms in total. The SMILES string of the molecule is COc1cccc(-c2noc(NCC3(O)CCCCC3)n2)c1. The number of hydrogen-bond donors (Lipinski definition) is 2. The number of anilines is 1. The number of benzene rings is 1. The molecule has 0 aliphatic heterocycles. The van der Waals surface area contributed by atoms with E-state index in [-0.39, 0.29) is 0 Å². The Kier molecular flexibility index (Phi) is 4.29. The van der Waals surface area contributed by atoms with Gasteiger partial charge in [-0.2, -0.15) is 4.98 Å². The lowest BCUT2D eigenvalue weighted by atomic mass is 9.85. The third-order valence-electron chi connectivity index (χ3n) is 4.11. The molecule has 0 unspecified atom stereocenters. The lowest BCUT2D eigenvalue weighted by Crippen LogP contribution is -2.38. The summed E-state index contributed by atoms with van der Waals surface area (Å²) in [6.07, 6.45) is 4.96. The van der Waals surface area contributed by atoms with Crippen LogP contribution in [0.15, 0.2) is 28.8 Å².